The predicted octanol–water partition coefficient (Wildman–Crippen LogP) is 0.395. The SMILES string of the molecule is CCOc1nnc(C(=O)O)n1CC. The second-order valence-electron chi connectivity index (χ2n) is 2.29. The Bertz CT molecular complexity index is 308. The van der Waals surface area contributed by atoms with Crippen molar-refractivity contribution in [2.45, 2.75) is 20.4 Å². The van der Waals surface area contributed by atoms with Crippen molar-refractivity contribution in [3.63, 3.8) is 0 Å². The second kappa shape index (κ2) is 3.88. The number of ether oxygens (including phenoxy) is 1. The smallest absolute Gasteiger partial charge is 0.374 e. The number of carboxylic acids is 1. The van der Waals surface area contributed by atoms with E-state index in [1.807, 2.05) is 0 Å². The van der Waals surface area contributed by atoms with Crippen LogP contribution in [0.5, 0.6) is 6.01 Å². The molecule has 0 spiro atoms. The summed E-state index contributed by atoms with van der Waals surface area (Å²) in [6.07, 6.45) is 0. The third-order valence-corrected chi connectivity index (χ3v) is 1.50. The molecule has 0 aromatic carbocycles. The second-order valence-corrected chi connectivity index (χ2v) is 2.29. The van der Waals surface area contributed by atoms with E-state index >= 15 is 0 Å². The first kappa shape index (κ1) is 9.50. The highest BCUT2D eigenvalue weighted by molar-refractivity contribution is 5.83. The Morgan fingerprint density at radius 3 is 2.69 bits per heavy atom. The van der Waals surface area contributed by atoms with Crippen molar-refractivity contribution in [2.75, 3.05) is 6.61 Å². The Balaban J connectivity index is 3.03. The predicted molar refractivity (Wildman–Crippen MR) is 43.8 cm³/mol. The zero-order chi connectivity index (χ0) is 9.84. The molecular formula is C7H11N3O3. The number of nitrogens with zero attached hydrogens (tertiary/aromatic N) is 3. The van der Waals surface area contributed by atoms with Gasteiger partial charge in [-0.15, -0.1) is 5.10 Å². The molecule has 1 N–H and O–H groups in total. The van der Waals surface area contributed by atoms with Gasteiger partial charge in [-0.25, -0.2) is 4.79 Å². The van der Waals surface area contributed by atoms with Crippen molar-refractivity contribution in [3.05, 3.63) is 5.82 Å². The standard InChI is InChI=1S/C7H11N3O3/c1-3-10-5(6(11)12)8-9-7(10)13-4-2/h3-4H2,1-2H3,(H,11,12). The van der Waals surface area contributed by atoms with Crippen LogP contribution in [-0.4, -0.2) is 32.4 Å². The fraction of sp³-hybridized carbons (Fsp3) is 0.571. The molecule has 0 aliphatic rings. The van der Waals surface area contributed by atoms with Gasteiger partial charge in [0.2, 0.25) is 5.82 Å². The number of hydrogen-bond acceptors (Lipinski definition) is 4. The Hall–Kier alpha value is -1.59. The summed E-state index contributed by atoms with van der Waals surface area (Å²) in [4.78, 5) is 10.6. The lowest BCUT2D eigenvalue weighted by atomic mass is 10.6. The van der Waals surface area contributed by atoms with Crippen LogP contribution >= 0.6 is 0 Å². The van der Waals surface area contributed by atoms with Gasteiger partial charge in [0.15, 0.2) is 0 Å². The van der Waals surface area contributed by atoms with Crippen LogP contribution in [-0.2, 0) is 6.54 Å². The number of carboxylic acid groups (broad SMARTS) is 1. The molecule has 0 aliphatic heterocycles. The maximum absolute atomic E-state index is 10.6. The Morgan fingerprint density at radius 1 is 1.54 bits per heavy atom. The summed E-state index contributed by atoms with van der Waals surface area (Å²) in [5.74, 6) is -1.19. The topological polar surface area (TPSA) is 77.2 Å². The Labute approximate surface area is 75.2 Å². The monoisotopic (exact) mass is 185 g/mol. The summed E-state index contributed by atoms with van der Waals surface area (Å²) in [5, 5.41) is 15.8. The van der Waals surface area contributed by atoms with Gasteiger partial charge >= 0.3 is 12.0 Å². The molecule has 0 atom stereocenters. The number of carbonyl (C=O) groups is 1. The van der Waals surface area contributed by atoms with Crippen LogP contribution in [0.25, 0.3) is 0 Å². The van der Waals surface area contributed by atoms with Gasteiger partial charge in [-0.1, -0.05) is 5.10 Å². The van der Waals surface area contributed by atoms with Crippen LogP contribution in [0.15, 0.2) is 0 Å². The van der Waals surface area contributed by atoms with Gasteiger partial charge < -0.3 is 9.84 Å². The minimum absolute atomic E-state index is 0.0917. The minimum atomic E-state index is -1.10. The van der Waals surface area contributed by atoms with E-state index in [0.717, 1.165) is 0 Å². The highest BCUT2D eigenvalue weighted by atomic mass is 16.5. The number of hydrogen-bond donors (Lipinski definition) is 1. The van der Waals surface area contributed by atoms with Crippen LogP contribution in [0.3, 0.4) is 0 Å². The lowest BCUT2D eigenvalue weighted by Gasteiger charge is -2.03. The van der Waals surface area contributed by atoms with E-state index in [2.05, 4.69) is 10.2 Å². The highest BCUT2D eigenvalue weighted by Gasteiger charge is 2.16. The average Bonchev–Trinajstić information content (AvgIpc) is 2.48. The summed E-state index contributed by atoms with van der Waals surface area (Å²) in [7, 11) is 0. The third-order valence-electron chi connectivity index (χ3n) is 1.50. The molecule has 13 heavy (non-hydrogen) atoms. The molecule has 1 aromatic rings. The van der Waals surface area contributed by atoms with E-state index in [1.54, 1.807) is 13.8 Å². The number of aromatic carboxylic acids is 1. The summed E-state index contributed by atoms with van der Waals surface area (Å²) >= 11 is 0. The van der Waals surface area contributed by atoms with E-state index < -0.39 is 5.97 Å². The molecule has 0 saturated heterocycles. The molecule has 6 heteroatoms. The van der Waals surface area contributed by atoms with E-state index in [9.17, 15) is 4.79 Å². The molecule has 6 nitrogen and oxygen atoms in total. The number of aromatic nitrogens is 3. The van der Waals surface area contributed by atoms with Gasteiger partial charge in [0.05, 0.1) is 6.61 Å². The molecule has 1 rings (SSSR count). The molecule has 72 valence electrons. The average molecular weight is 185 g/mol. The van der Waals surface area contributed by atoms with Crippen LogP contribution in [0, 0.1) is 0 Å². The van der Waals surface area contributed by atoms with Gasteiger partial charge in [-0.05, 0) is 13.8 Å². The molecule has 0 bridgehead atoms. The first-order valence-corrected chi connectivity index (χ1v) is 4.00. The van der Waals surface area contributed by atoms with Crippen LogP contribution in [0.2, 0.25) is 0 Å². The quantitative estimate of drug-likeness (QED) is 0.734. The molecule has 0 saturated carbocycles. The van der Waals surface area contributed by atoms with E-state index in [1.165, 1.54) is 4.57 Å². The van der Waals surface area contributed by atoms with Crippen molar-refractivity contribution < 1.29 is 14.6 Å². The molecule has 0 amide bonds. The van der Waals surface area contributed by atoms with Crippen molar-refractivity contribution in [1.82, 2.24) is 14.8 Å². The van der Waals surface area contributed by atoms with Crippen LogP contribution < -0.4 is 4.74 Å². The van der Waals surface area contributed by atoms with Crippen LogP contribution in [0.1, 0.15) is 24.5 Å². The molecule has 1 heterocycles. The molecular weight excluding hydrogens is 174 g/mol. The van der Waals surface area contributed by atoms with Gasteiger partial charge in [-0.3, -0.25) is 4.57 Å². The molecule has 0 aliphatic carbocycles. The van der Waals surface area contributed by atoms with E-state index in [0.29, 0.717) is 13.2 Å². The van der Waals surface area contributed by atoms with E-state index in [-0.39, 0.29) is 11.8 Å². The summed E-state index contributed by atoms with van der Waals surface area (Å²) in [6.45, 7) is 4.52. The lowest BCUT2D eigenvalue weighted by molar-refractivity contribution is 0.0676. The summed E-state index contributed by atoms with van der Waals surface area (Å²) < 4.78 is 6.49. The molecule has 0 unspecified atom stereocenters. The Morgan fingerprint density at radius 2 is 2.23 bits per heavy atom. The van der Waals surface area contributed by atoms with Gasteiger partial charge in [-0.2, -0.15) is 0 Å². The number of rotatable bonds is 4. The van der Waals surface area contributed by atoms with Crippen molar-refractivity contribution in [1.29, 1.82) is 0 Å². The fourth-order valence-electron chi connectivity index (χ4n) is 0.968. The lowest BCUT2D eigenvalue weighted by Crippen LogP contribution is -2.10. The maximum Gasteiger partial charge on any atom is 0.374 e. The van der Waals surface area contributed by atoms with Gasteiger partial charge in [0.25, 0.3) is 0 Å². The van der Waals surface area contributed by atoms with Crippen molar-refractivity contribution in [3.8, 4) is 6.01 Å². The van der Waals surface area contributed by atoms with Gasteiger partial charge in [0.1, 0.15) is 0 Å². The molecule has 1 aromatic heterocycles. The van der Waals surface area contributed by atoms with E-state index in [4.69, 9.17) is 9.84 Å². The third kappa shape index (κ3) is 1.77. The fourth-order valence-corrected chi connectivity index (χ4v) is 0.968. The highest BCUT2D eigenvalue weighted by Crippen LogP contribution is 2.09. The van der Waals surface area contributed by atoms with Crippen molar-refractivity contribution in [2.24, 2.45) is 0 Å². The Kier molecular flexibility index (Phi) is 2.84. The zero-order valence-electron chi connectivity index (χ0n) is 7.52. The molecule has 0 fully saturated rings. The first-order valence-electron chi connectivity index (χ1n) is 4.00. The van der Waals surface area contributed by atoms with Crippen molar-refractivity contribution >= 4 is 5.97 Å². The zero-order valence-corrected chi connectivity index (χ0v) is 7.52. The summed E-state index contributed by atoms with van der Waals surface area (Å²) in [6, 6.07) is 0.252. The summed E-state index contributed by atoms with van der Waals surface area (Å²) in [5.41, 5.74) is 0. The van der Waals surface area contributed by atoms with Crippen LogP contribution in [0.4, 0.5) is 0 Å². The largest absolute Gasteiger partial charge is 0.475 e. The first-order chi connectivity index (χ1) is 6.20. The maximum atomic E-state index is 10.6. The normalized spacial score (nSPS) is 10.0. The minimum Gasteiger partial charge on any atom is -0.475 e. The molecule has 0 radical (unpaired) electrons. The van der Waals surface area contributed by atoms with Gasteiger partial charge in [0, 0.05) is 6.54 Å².